The number of H-pyrrole nitrogens is 1. The largest absolute Gasteiger partial charge is 0.573 e. The highest BCUT2D eigenvalue weighted by atomic mass is 19.4. The fraction of sp³-hybridized carbons (Fsp3) is 0.455. The molecule has 0 atom stereocenters. The predicted octanol–water partition coefficient (Wildman–Crippen LogP) is 3.25. The average molecular weight is 509 g/mol. The maximum atomic E-state index is 13.0. The standard InChI is InChI=1S/C22H27F3N8O3/c1-3-4-10-32-19-18(28-14(2)29-19)20(34)33(21(32)35)11-6-9-27-31-17(30-26)13-15-7-5-8-16(12-15)36-22(23,24)25/h5,7-8,12H,3-4,6,9-11,13,26H2,1-2H3,(H,28,29). The Bertz CT molecular complexity index is 1370. The molecule has 0 aliphatic carbocycles. The number of hydrogen-bond acceptors (Lipinski definition) is 7. The zero-order chi connectivity index (χ0) is 26.3. The number of nitrogens with zero attached hydrogens (tertiary/aromatic N) is 6. The van der Waals surface area contributed by atoms with Crippen molar-refractivity contribution >= 4 is 17.0 Å². The van der Waals surface area contributed by atoms with Crippen molar-refractivity contribution in [2.24, 2.45) is 21.2 Å². The number of nitrogens with one attached hydrogen (secondary N) is 1. The second-order valence-electron chi connectivity index (χ2n) is 8.00. The molecule has 14 heteroatoms. The van der Waals surface area contributed by atoms with Crippen LogP contribution in [0, 0.1) is 6.92 Å². The Morgan fingerprint density at radius 2 is 1.94 bits per heavy atom. The van der Waals surface area contributed by atoms with Crippen LogP contribution in [-0.4, -0.2) is 37.8 Å². The molecule has 2 heterocycles. The lowest BCUT2D eigenvalue weighted by Crippen LogP contribution is -2.40. The lowest BCUT2D eigenvalue weighted by atomic mass is 10.1. The summed E-state index contributed by atoms with van der Waals surface area (Å²) in [4.78, 5) is 33.0. The lowest BCUT2D eigenvalue weighted by molar-refractivity contribution is -0.274. The van der Waals surface area contributed by atoms with Gasteiger partial charge in [-0.3, -0.25) is 13.9 Å². The van der Waals surface area contributed by atoms with Gasteiger partial charge in [0.15, 0.2) is 11.5 Å². The second-order valence-corrected chi connectivity index (χ2v) is 8.00. The zero-order valence-corrected chi connectivity index (χ0v) is 19.9. The Morgan fingerprint density at radius 1 is 1.19 bits per heavy atom. The van der Waals surface area contributed by atoms with E-state index in [4.69, 9.17) is 5.84 Å². The molecule has 3 aromatic rings. The van der Waals surface area contributed by atoms with E-state index in [1.54, 1.807) is 13.0 Å². The summed E-state index contributed by atoms with van der Waals surface area (Å²) in [6, 6.07) is 5.37. The number of halogens is 3. The first-order valence-electron chi connectivity index (χ1n) is 11.3. The minimum absolute atomic E-state index is 0.0342. The summed E-state index contributed by atoms with van der Waals surface area (Å²) < 4.78 is 43.8. The second kappa shape index (κ2) is 11.6. The number of hydrogen-bond donors (Lipinski definition) is 2. The maximum Gasteiger partial charge on any atom is 0.573 e. The van der Waals surface area contributed by atoms with Gasteiger partial charge in [-0.2, -0.15) is 10.2 Å². The average Bonchev–Trinajstić information content (AvgIpc) is 3.20. The molecule has 0 bridgehead atoms. The fourth-order valence-electron chi connectivity index (χ4n) is 3.57. The smallest absolute Gasteiger partial charge is 0.406 e. The molecule has 2 aromatic heterocycles. The van der Waals surface area contributed by atoms with Gasteiger partial charge in [0.25, 0.3) is 5.56 Å². The Balaban J connectivity index is 1.65. The van der Waals surface area contributed by atoms with Gasteiger partial charge in [-0.25, -0.2) is 9.78 Å². The topological polar surface area (TPSA) is 145 Å². The Morgan fingerprint density at radius 3 is 2.64 bits per heavy atom. The number of aromatic nitrogens is 4. The number of fused-ring (bicyclic) bond motifs is 1. The van der Waals surface area contributed by atoms with E-state index in [1.165, 1.54) is 22.8 Å². The molecular formula is C22H27F3N8O3. The summed E-state index contributed by atoms with van der Waals surface area (Å²) >= 11 is 0. The molecule has 0 aliphatic rings. The van der Waals surface area contributed by atoms with Gasteiger partial charge in [-0.1, -0.05) is 25.5 Å². The van der Waals surface area contributed by atoms with E-state index in [9.17, 15) is 22.8 Å². The molecule has 0 aliphatic heterocycles. The van der Waals surface area contributed by atoms with Crippen molar-refractivity contribution in [2.45, 2.75) is 59.0 Å². The summed E-state index contributed by atoms with van der Waals surface area (Å²) in [5.41, 5.74) is 0.182. The molecule has 3 N–H and O–H groups in total. The van der Waals surface area contributed by atoms with Gasteiger partial charge in [-0.15, -0.1) is 18.3 Å². The number of nitrogens with two attached hydrogens (primary N) is 1. The van der Waals surface area contributed by atoms with Gasteiger partial charge in [-0.05, 0) is 37.5 Å². The van der Waals surface area contributed by atoms with Crippen molar-refractivity contribution in [1.82, 2.24) is 19.1 Å². The number of azo groups is 1. The molecule has 36 heavy (non-hydrogen) atoms. The SMILES string of the molecule is CCCCn1c(=O)n(CCCN=NC(Cc2cccc(OC(F)(F)F)c2)=NN)c(=O)c2[nH]c(C)nc21. The van der Waals surface area contributed by atoms with E-state index in [0.29, 0.717) is 30.0 Å². The number of rotatable bonds is 10. The first-order chi connectivity index (χ1) is 17.1. The van der Waals surface area contributed by atoms with Gasteiger partial charge >= 0.3 is 12.1 Å². The van der Waals surface area contributed by atoms with E-state index in [-0.39, 0.29) is 36.6 Å². The van der Waals surface area contributed by atoms with Gasteiger partial charge in [0, 0.05) is 19.5 Å². The first kappa shape index (κ1) is 26.6. The third-order valence-corrected chi connectivity index (χ3v) is 5.18. The van der Waals surface area contributed by atoms with Crippen molar-refractivity contribution in [1.29, 1.82) is 0 Å². The summed E-state index contributed by atoms with van der Waals surface area (Å²) in [6.45, 7) is 4.45. The molecule has 0 radical (unpaired) electrons. The van der Waals surface area contributed by atoms with Gasteiger partial charge < -0.3 is 15.6 Å². The van der Waals surface area contributed by atoms with Crippen molar-refractivity contribution in [3.05, 3.63) is 56.5 Å². The number of ether oxygens (including phenoxy) is 1. The van der Waals surface area contributed by atoms with Crippen LogP contribution in [0.1, 0.15) is 37.6 Å². The maximum absolute atomic E-state index is 13.0. The molecule has 194 valence electrons. The van der Waals surface area contributed by atoms with Crippen LogP contribution in [0.3, 0.4) is 0 Å². The number of benzene rings is 1. The minimum Gasteiger partial charge on any atom is -0.406 e. The van der Waals surface area contributed by atoms with Crippen LogP contribution in [0.2, 0.25) is 0 Å². The van der Waals surface area contributed by atoms with Crippen LogP contribution in [0.4, 0.5) is 13.2 Å². The van der Waals surface area contributed by atoms with E-state index in [1.807, 2.05) is 6.92 Å². The number of hydrazone groups is 1. The number of aromatic amines is 1. The fourth-order valence-corrected chi connectivity index (χ4v) is 3.57. The highest BCUT2D eigenvalue weighted by molar-refractivity contribution is 5.84. The lowest BCUT2D eigenvalue weighted by Gasteiger charge is -2.10. The molecule has 0 fully saturated rings. The van der Waals surface area contributed by atoms with Crippen molar-refractivity contribution < 1.29 is 17.9 Å². The monoisotopic (exact) mass is 508 g/mol. The number of alkyl halides is 3. The Hall–Kier alpha value is -3.97. The van der Waals surface area contributed by atoms with Gasteiger partial charge in [0.2, 0.25) is 0 Å². The summed E-state index contributed by atoms with van der Waals surface area (Å²) in [7, 11) is 0. The minimum atomic E-state index is -4.80. The molecule has 0 saturated heterocycles. The van der Waals surface area contributed by atoms with Crippen molar-refractivity contribution in [3.8, 4) is 5.75 Å². The molecule has 0 unspecified atom stereocenters. The van der Waals surface area contributed by atoms with Crippen LogP contribution in [-0.2, 0) is 19.5 Å². The number of imidazole rings is 1. The molecule has 1 aromatic carbocycles. The van der Waals surface area contributed by atoms with Crippen LogP contribution in [0.15, 0.2) is 49.2 Å². The van der Waals surface area contributed by atoms with E-state index in [0.717, 1.165) is 17.4 Å². The van der Waals surface area contributed by atoms with Crippen LogP contribution in [0.25, 0.3) is 11.2 Å². The summed E-state index contributed by atoms with van der Waals surface area (Å²) in [5.74, 6) is 5.61. The summed E-state index contributed by atoms with van der Waals surface area (Å²) in [5, 5.41) is 11.4. The zero-order valence-electron chi connectivity index (χ0n) is 19.9. The van der Waals surface area contributed by atoms with Crippen molar-refractivity contribution in [3.63, 3.8) is 0 Å². The Labute approximate surface area is 203 Å². The molecule has 0 spiro atoms. The number of amidine groups is 1. The molecular weight excluding hydrogens is 481 g/mol. The van der Waals surface area contributed by atoms with Gasteiger partial charge in [0.05, 0.1) is 6.54 Å². The highest BCUT2D eigenvalue weighted by Crippen LogP contribution is 2.23. The Kier molecular flexibility index (Phi) is 8.61. The first-order valence-corrected chi connectivity index (χ1v) is 11.3. The number of unbranched alkanes of at least 4 members (excludes halogenated alkanes) is 1. The van der Waals surface area contributed by atoms with E-state index < -0.39 is 17.6 Å². The summed E-state index contributed by atoms with van der Waals surface area (Å²) in [6.07, 6.45) is -2.79. The molecule has 3 rings (SSSR count). The molecule has 11 nitrogen and oxygen atoms in total. The number of aryl methyl sites for hydroxylation is 2. The van der Waals surface area contributed by atoms with E-state index >= 15 is 0 Å². The van der Waals surface area contributed by atoms with Crippen LogP contribution in [0.5, 0.6) is 5.75 Å². The predicted molar refractivity (Wildman–Crippen MR) is 127 cm³/mol. The normalized spacial score (nSPS) is 12.6. The highest BCUT2D eigenvalue weighted by Gasteiger charge is 2.31. The van der Waals surface area contributed by atoms with Gasteiger partial charge in [0.1, 0.15) is 17.1 Å². The van der Waals surface area contributed by atoms with Crippen molar-refractivity contribution in [2.75, 3.05) is 6.54 Å². The molecule has 0 saturated carbocycles. The van der Waals surface area contributed by atoms with Crippen LogP contribution < -0.4 is 21.8 Å². The van der Waals surface area contributed by atoms with Crippen LogP contribution >= 0.6 is 0 Å². The third kappa shape index (κ3) is 6.79. The quantitative estimate of drug-likeness (QED) is 0.108. The third-order valence-electron chi connectivity index (χ3n) is 5.18. The van der Waals surface area contributed by atoms with E-state index in [2.05, 4.69) is 30.0 Å². The molecule has 0 amide bonds.